The van der Waals surface area contributed by atoms with Crippen LogP contribution in [0.1, 0.15) is 18.9 Å². The summed E-state index contributed by atoms with van der Waals surface area (Å²) in [5, 5.41) is 9.74. The Kier molecular flexibility index (Phi) is 3.75. The summed E-state index contributed by atoms with van der Waals surface area (Å²) in [4.78, 5) is 4.53. The van der Waals surface area contributed by atoms with Crippen LogP contribution in [0.2, 0.25) is 0 Å². The van der Waals surface area contributed by atoms with Gasteiger partial charge in [-0.15, -0.1) is 0 Å². The molecule has 0 aromatic heterocycles. The number of piperazine rings is 1. The van der Waals surface area contributed by atoms with E-state index in [1.165, 1.54) is 12.1 Å². The van der Waals surface area contributed by atoms with Gasteiger partial charge in [0.1, 0.15) is 11.6 Å². The zero-order valence-corrected chi connectivity index (χ0v) is 11.6. The fourth-order valence-electron chi connectivity index (χ4n) is 3.37. The van der Waals surface area contributed by atoms with E-state index in [1.54, 1.807) is 0 Å². The SMILES string of the molecule is C[C@H]1CN2C[C@H](O)CC2CN1Cc1ccc(F)cc1F. The standard InChI is InChI=1S/C15H20F2N2O/c1-10-6-19-9-14(20)5-13(19)8-18(10)7-11-2-3-12(16)4-15(11)17/h2-4,10,13-14,20H,5-9H2,1H3/t10-,13?,14+/m0/s1. The Hall–Kier alpha value is -1.04. The van der Waals surface area contributed by atoms with Gasteiger partial charge < -0.3 is 5.11 Å². The van der Waals surface area contributed by atoms with Crippen molar-refractivity contribution in [2.45, 2.75) is 38.1 Å². The average Bonchev–Trinajstić information content (AvgIpc) is 2.72. The first kappa shape index (κ1) is 13.9. The van der Waals surface area contributed by atoms with Gasteiger partial charge in [-0.1, -0.05) is 6.07 Å². The van der Waals surface area contributed by atoms with E-state index < -0.39 is 11.6 Å². The molecule has 1 N–H and O–H groups in total. The number of halogens is 2. The first-order chi connectivity index (χ1) is 9.52. The summed E-state index contributed by atoms with van der Waals surface area (Å²) >= 11 is 0. The number of aliphatic hydroxyl groups is 1. The van der Waals surface area contributed by atoms with Crippen LogP contribution in [0, 0.1) is 11.6 Å². The van der Waals surface area contributed by atoms with Crippen molar-refractivity contribution >= 4 is 0 Å². The average molecular weight is 282 g/mol. The van der Waals surface area contributed by atoms with Gasteiger partial charge in [0.15, 0.2) is 0 Å². The molecule has 3 nitrogen and oxygen atoms in total. The molecule has 0 aliphatic carbocycles. The van der Waals surface area contributed by atoms with Gasteiger partial charge in [-0.3, -0.25) is 9.80 Å². The topological polar surface area (TPSA) is 26.7 Å². The van der Waals surface area contributed by atoms with Gasteiger partial charge in [0.2, 0.25) is 0 Å². The van der Waals surface area contributed by atoms with Gasteiger partial charge in [0.05, 0.1) is 6.10 Å². The van der Waals surface area contributed by atoms with Crippen molar-refractivity contribution in [3.63, 3.8) is 0 Å². The number of rotatable bonds is 2. The van der Waals surface area contributed by atoms with E-state index >= 15 is 0 Å². The summed E-state index contributed by atoms with van der Waals surface area (Å²) < 4.78 is 26.7. The van der Waals surface area contributed by atoms with Crippen molar-refractivity contribution in [2.24, 2.45) is 0 Å². The smallest absolute Gasteiger partial charge is 0.130 e. The molecule has 2 aliphatic heterocycles. The van der Waals surface area contributed by atoms with Crippen molar-refractivity contribution < 1.29 is 13.9 Å². The van der Waals surface area contributed by atoms with Crippen LogP contribution in [0.5, 0.6) is 0 Å². The molecule has 5 heteroatoms. The summed E-state index contributed by atoms with van der Waals surface area (Å²) in [7, 11) is 0. The van der Waals surface area contributed by atoms with Crippen molar-refractivity contribution in [2.75, 3.05) is 19.6 Å². The Morgan fingerprint density at radius 3 is 2.80 bits per heavy atom. The quantitative estimate of drug-likeness (QED) is 0.892. The predicted octanol–water partition coefficient (Wildman–Crippen LogP) is 1.60. The number of aliphatic hydroxyl groups excluding tert-OH is 1. The van der Waals surface area contributed by atoms with Crippen LogP contribution >= 0.6 is 0 Å². The van der Waals surface area contributed by atoms with Crippen LogP contribution in [0.25, 0.3) is 0 Å². The molecule has 0 saturated carbocycles. The molecule has 3 rings (SSSR count). The third-order valence-corrected chi connectivity index (χ3v) is 4.46. The van der Waals surface area contributed by atoms with E-state index in [0.717, 1.165) is 32.1 Å². The lowest BCUT2D eigenvalue weighted by molar-refractivity contribution is 0.0521. The Morgan fingerprint density at radius 1 is 1.25 bits per heavy atom. The minimum atomic E-state index is -0.539. The number of nitrogens with zero attached hydrogens (tertiary/aromatic N) is 2. The summed E-state index contributed by atoms with van der Waals surface area (Å²) in [6.45, 7) is 5.07. The van der Waals surface area contributed by atoms with Crippen LogP contribution in [0.3, 0.4) is 0 Å². The molecule has 1 aromatic carbocycles. The van der Waals surface area contributed by atoms with E-state index in [1.807, 2.05) is 0 Å². The monoisotopic (exact) mass is 282 g/mol. The number of hydrogen-bond acceptors (Lipinski definition) is 3. The second kappa shape index (κ2) is 5.39. The van der Waals surface area contributed by atoms with Gasteiger partial charge in [-0.2, -0.15) is 0 Å². The highest BCUT2D eigenvalue weighted by atomic mass is 19.1. The zero-order valence-electron chi connectivity index (χ0n) is 11.6. The predicted molar refractivity (Wildman–Crippen MR) is 72.2 cm³/mol. The van der Waals surface area contributed by atoms with Crippen molar-refractivity contribution in [3.8, 4) is 0 Å². The van der Waals surface area contributed by atoms with Crippen molar-refractivity contribution in [3.05, 3.63) is 35.4 Å². The summed E-state index contributed by atoms with van der Waals surface area (Å²) in [6.07, 6.45) is 0.546. The molecule has 2 saturated heterocycles. The van der Waals surface area contributed by atoms with Gasteiger partial charge in [-0.25, -0.2) is 8.78 Å². The highest BCUT2D eigenvalue weighted by Gasteiger charge is 2.38. The maximum Gasteiger partial charge on any atom is 0.130 e. The molecule has 0 radical (unpaired) electrons. The first-order valence-corrected chi connectivity index (χ1v) is 7.13. The zero-order chi connectivity index (χ0) is 14.3. The molecule has 2 aliphatic rings. The molecule has 1 unspecified atom stereocenters. The molecule has 2 fully saturated rings. The lowest BCUT2D eigenvalue weighted by Crippen LogP contribution is -2.54. The third-order valence-electron chi connectivity index (χ3n) is 4.46. The Labute approximate surface area is 117 Å². The van der Waals surface area contributed by atoms with Crippen LogP contribution in [-0.2, 0) is 6.54 Å². The molecule has 2 heterocycles. The van der Waals surface area contributed by atoms with Gasteiger partial charge >= 0.3 is 0 Å². The molecule has 3 atom stereocenters. The summed E-state index contributed by atoms with van der Waals surface area (Å²) in [6, 6.07) is 4.42. The van der Waals surface area contributed by atoms with Gasteiger partial charge in [-0.05, 0) is 19.4 Å². The molecular weight excluding hydrogens is 262 g/mol. The molecule has 0 spiro atoms. The Balaban J connectivity index is 1.71. The van der Waals surface area contributed by atoms with E-state index in [4.69, 9.17) is 0 Å². The molecule has 1 aromatic rings. The highest BCUT2D eigenvalue weighted by molar-refractivity contribution is 5.18. The molecule has 20 heavy (non-hydrogen) atoms. The third kappa shape index (κ3) is 2.71. The first-order valence-electron chi connectivity index (χ1n) is 7.13. The molecular formula is C15H20F2N2O. The Morgan fingerprint density at radius 2 is 2.05 bits per heavy atom. The normalized spacial score (nSPS) is 31.5. The second-order valence-electron chi connectivity index (χ2n) is 6.01. The van der Waals surface area contributed by atoms with Crippen LogP contribution in [0.4, 0.5) is 8.78 Å². The largest absolute Gasteiger partial charge is 0.392 e. The fraction of sp³-hybridized carbons (Fsp3) is 0.600. The van der Waals surface area contributed by atoms with E-state index in [2.05, 4.69) is 16.7 Å². The lowest BCUT2D eigenvalue weighted by atomic mass is 10.1. The summed E-state index contributed by atoms with van der Waals surface area (Å²) in [5.41, 5.74) is 0.533. The van der Waals surface area contributed by atoms with E-state index in [9.17, 15) is 13.9 Å². The van der Waals surface area contributed by atoms with Crippen LogP contribution < -0.4 is 0 Å². The number of fused-ring (bicyclic) bond motifs is 1. The van der Waals surface area contributed by atoms with E-state index in [0.29, 0.717) is 24.2 Å². The minimum absolute atomic E-state index is 0.241. The van der Waals surface area contributed by atoms with Crippen molar-refractivity contribution in [1.82, 2.24) is 9.80 Å². The van der Waals surface area contributed by atoms with E-state index in [-0.39, 0.29) is 6.10 Å². The number of hydrogen-bond donors (Lipinski definition) is 1. The number of benzene rings is 1. The van der Waals surface area contributed by atoms with Gasteiger partial charge in [0.25, 0.3) is 0 Å². The molecule has 0 bridgehead atoms. The fourth-order valence-corrected chi connectivity index (χ4v) is 3.37. The van der Waals surface area contributed by atoms with Crippen LogP contribution in [-0.4, -0.2) is 52.7 Å². The lowest BCUT2D eigenvalue weighted by Gasteiger charge is -2.42. The summed E-state index contributed by atoms with van der Waals surface area (Å²) in [5.74, 6) is -1.02. The van der Waals surface area contributed by atoms with Crippen molar-refractivity contribution in [1.29, 1.82) is 0 Å². The maximum absolute atomic E-state index is 13.7. The Bertz CT molecular complexity index is 497. The minimum Gasteiger partial charge on any atom is -0.392 e. The van der Waals surface area contributed by atoms with Gasteiger partial charge in [0, 0.05) is 49.9 Å². The molecule has 0 amide bonds. The molecule has 110 valence electrons. The highest BCUT2D eigenvalue weighted by Crippen LogP contribution is 2.26. The van der Waals surface area contributed by atoms with Crippen LogP contribution in [0.15, 0.2) is 18.2 Å². The maximum atomic E-state index is 13.7. The second-order valence-corrected chi connectivity index (χ2v) is 6.01.